The molecule has 1 aromatic rings. The molecule has 1 nitrogen and oxygen atoms in total. The molecule has 1 aromatic carbocycles. The van der Waals surface area contributed by atoms with Gasteiger partial charge in [0.2, 0.25) is 0 Å². The second-order valence-corrected chi connectivity index (χ2v) is 6.40. The Morgan fingerprint density at radius 3 is 2.53 bits per heavy atom. The standard InChI is InChI=1S/C15H21F2NS/c1-18-13-6-4-2-3-5-7-15(13)19-14-9-8-11(16)10-12(14)17/h8-10,13,15,18H,2-7H2,1H3. The van der Waals surface area contributed by atoms with E-state index < -0.39 is 11.6 Å². The minimum Gasteiger partial charge on any atom is -0.316 e. The minimum atomic E-state index is -0.510. The van der Waals surface area contributed by atoms with Crippen molar-refractivity contribution in [3.05, 3.63) is 29.8 Å². The van der Waals surface area contributed by atoms with E-state index in [0.29, 0.717) is 16.2 Å². The Hall–Kier alpha value is -0.610. The Morgan fingerprint density at radius 1 is 1.11 bits per heavy atom. The normalized spacial score (nSPS) is 24.8. The summed E-state index contributed by atoms with van der Waals surface area (Å²) in [5, 5.41) is 3.72. The van der Waals surface area contributed by atoms with Crippen LogP contribution in [0.1, 0.15) is 38.5 Å². The smallest absolute Gasteiger partial charge is 0.139 e. The summed E-state index contributed by atoms with van der Waals surface area (Å²) >= 11 is 1.55. The van der Waals surface area contributed by atoms with Crippen molar-refractivity contribution < 1.29 is 8.78 Å². The molecule has 0 aromatic heterocycles. The van der Waals surface area contributed by atoms with Crippen LogP contribution in [-0.2, 0) is 0 Å². The van der Waals surface area contributed by atoms with Gasteiger partial charge in [-0.25, -0.2) is 8.78 Å². The van der Waals surface area contributed by atoms with Crippen molar-refractivity contribution in [2.24, 2.45) is 0 Å². The summed E-state index contributed by atoms with van der Waals surface area (Å²) in [7, 11) is 1.97. The van der Waals surface area contributed by atoms with E-state index in [9.17, 15) is 8.78 Å². The fourth-order valence-corrected chi connectivity index (χ4v) is 4.02. The van der Waals surface area contributed by atoms with Crippen molar-refractivity contribution in [3.8, 4) is 0 Å². The molecule has 0 aliphatic heterocycles. The van der Waals surface area contributed by atoms with Crippen LogP contribution in [0, 0.1) is 11.6 Å². The first-order valence-electron chi connectivity index (χ1n) is 6.99. The first-order chi connectivity index (χ1) is 9.20. The van der Waals surface area contributed by atoms with Crippen molar-refractivity contribution in [3.63, 3.8) is 0 Å². The largest absolute Gasteiger partial charge is 0.316 e. The van der Waals surface area contributed by atoms with Crippen LogP contribution in [0.25, 0.3) is 0 Å². The zero-order valence-electron chi connectivity index (χ0n) is 11.3. The lowest BCUT2D eigenvalue weighted by molar-refractivity contribution is 0.420. The van der Waals surface area contributed by atoms with Crippen LogP contribution in [0.2, 0.25) is 0 Å². The molecule has 1 aliphatic rings. The quantitative estimate of drug-likeness (QED) is 0.885. The lowest BCUT2D eigenvalue weighted by Crippen LogP contribution is -2.36. The molecule has 4 heteroatoms. The van der Waals surface area contributed by atoms with Gasteiger partial charge in [-0.05, 0) is 32.0 Å². The average molecular weight is 285 g/mol. The van der Waals surface area contributed by atoms with E-state index in [0.717, 1.165) is 18.9 Å². The Labute approximate surface area is 118 Å². The molecule has 1 N–H and O–H groups in total. The van der Waals surface area contributed by atoms with Gasteiger partial charge in [0.1, 0.15) is 11.6 Å². The molecular formula is C15H21F2NS. The fourth-order valence-electron chi connectivity index (χ4n) is 2.66. The molecule has 1 aliphatic carbocycles. The lowest BCUT2D eigenvalue weighted by Gasteiger charge is -2.28. The highest BCUT2D eigenvalue weighted by molar-refractivity contribution is 8.00. The summed E-state index contributed by atoms with van der Waals surface area (Å²) in [5.41, 5.74) is 0. The van der Waals surface area contributed by atoms with Gasteiger partial charge in [-0.1, -0.05) is 25.7 Å². The molecule has 2 unspecified atom stereocenters. The third-order valence-electron chi connectivity index (χ3n) is 3.75. The van der Waals surface area contributed by atoms with Gasteiger partial charge in [0.05, 0.1) is 0 Å². The van der Waals surface area contributed by atoms with Crippen LogP contribution in [0.3, 0.4) is 0 Å². The van der Waals surface area contributed by atoms with Crippen LogP contribution in [0.4, 0.5) is 8.78 Å². The zero-order chi connectivity index (χ0) is 13.7. The van der Waals surface area contributed by atoms with Crippen molar-refractivity contribution in [2.75, 3.05) is 7.05 Å². The highest BCUT2D eigenvalue weighted by Crippen LogP contribution is 2.34. The third kappa shape index (κ3) is 4.18. The van der Waals surface area contributed by atoms with Gasteiger partial charge in [0, 0.05) is 22.3 Å². The number of rotatable bonds is 3. The lowest BCUT2D eigenvalue weighted by atomic mass is 9.96. The molecule has 106 valence electrons. The van der Waals surface area contributed by atoms with Gasteiger partial charge in [-0.15, -0.1) is 11.8 Å². The highest BCUT2D eigenvalue weighted by Gasteiger charge is 2.23. The van der Waals surface area contributed by atoms with Crippen LogP contribution >= 0.6 is 11.8 Å². The Balaban J connectivity index is 2.08. The van der Waals surface area contributed by atoms with Crippen molar-refractivity contribution in [2.45, 2.75) is 54.7 Å². The van der Waals surface area contributed by atoms with Gasteiger partial charge in [0.15, 0.2) is 0 Å². The van der Waals surface area contributed by atoms with Crippen LogP contribution in [-0.4, -0.2) is 18.3 Å². The zero-order valence-corrected chi connectivity index (χ0v) is 12.1. The number of thioether (sulfide) groups is 1. The fraction of sp³-hybridized carbons (Fsp3) is 0.600. The van der Waals surface area contributed by atoms with Crippen LogP contribution in [0.5, 0.6) is 0 Å². The molecule has 0 bridgehead atoms. The Kier molecular flexibility index (Phi) is 5.64. The van der Waals surface area contributed by atoms with Gasteiger partial charge < -0.3 is 5.32 Å². The molecule has 2 rings (SSSR count). The molecule has 2 atom stereocenters. The monoisotopic (exact) mass is 285 g/mol. The first-order valence-corrected chi connectivity index (χ1v) is 7.87. The summed E-state index contributed by atoms with van der Waals surface area (Å²) in [6.07, 6.45) is 7.21. The Morgan fingerprint density at radius 2 is 1.84 bits per heavy atom. The van der Waals surface area contributed by atoms with Gasteiger partial charge in [-0.3, -0.25) is 0 Å². The van der Waals surface area contributed by atoms with Gasteiger partial charge in [0.25, 0.3) is 0 Å². The van der Waals surface area contributed by atoms with E-state index in [1.54, 1.807) is 17.8 Å². The average Bonchev–Trinajstić information content (AvgIpc) is 2.36. The summed E-state index contributed by atoms with van der Waals surface area (Å²) in [5.74, 6) is -0.952. The first kappa shape index (κ1) is 14.8. The van der Waals surface area contributed by atoms with E-state index in [2.05, 4.69) is 5.32 Å². The molecule has 0 radical (unpaired) electrons. The van der Waals surface area contributed by atoms with E-state index in [-0.39, 0.29) is 0 Å². The van der Waals surface area contributed by atoms with E-state index in [1.165, 1.54) is 31.7 Å². The third-order valence-corrected chi connectivity index (χ3v) is 5.20. The number of halogens is 2. The predicted octanol–water partition coefficient (Wildman–Crippen LogP) is 4.37. The number of nitrogens with one attached hydrogen (secondary N) is 1. The molecule has 19 heavy (non-hydrogen) atoms. The molecule has 1 fully saturated rings. The predicted molar refractivity (Wildman–Crippen MR) is 76.6 cm³/mol. The van der Waals surface area contributed by atoms with Gasteiger partial charge in [-0.2, -0.15) is 0 Å². The number of hydrogen-bond donors (Lipinski definition) is 1. The summed E-state index contributed by atoms with van der Waals surface area (Å²) in [6.45, 7) is 0. The van der Waals surface area contributed by atoms with Crippen LogP contribution in [0.15, 0.2) is 23.1 Å². The van der Waals surface area contributed by atoms with E-state index >= 15 is 0 Å². The maximum absolute atomic E-state index is 13.7. The molecule has 0 saturated heterocycles. The Bertz CT molecular complexity index is 411. The number of hydrogen-bond acceptors (Lipinski definition) is 2. The molecule has 0 amide bonds. The number of benzene rings is 1. The van der Waals surface area contributed by atoms with Crippen molar-refractivity contribution in [1.29, 1.82) is 0 Å². The maximum Gasteiger partial charge on any atom is 0.139 e. The van der Waals surface area contributed by atoms with Crippen LogP contribution < -0.4 is 5.32 Å². The van der Waals surface area contributed by atoms with Gasteiger partial charge >= 0.3 is 0 Å². The molecule has 0 spiro atoms. The summed E-state index contributed by atoms with van der Waals surface area (Å²) in [4.78, 5) is 0.562. The second-order valence-electron chi connectivity index (χ2n) is 5.12. The SMILES string of the molecule is CNC1CCCCCCC1Sc1ccc(F)cc1F. The summed E-state index contributed by atoms with van der Waals surface area (Å²) < 4.78 is 26.7. The van der Waals surface area contributed by atoms with Crippen molar-refractivity contribution in [1.82, 2.24) is 5.32 Å². The van der Waals surface area contributed by atoms with E-state index in [4.69, 9.17) is 0 Å². The minimum absolute atomic E-state index is 0.366. The van der Waals surface area contributed by atoms with Crippen molar-refractivity contribution >= 4 is 11.8 Å². The van der Waals surface area contributed by atoms with E-state index in [1.807, 2.05) is 7.05 Å². The molecular weight excluding hydrogens is 264 g/mol. The maximum atomic E-state index is 13.7. The highest BCUT2D eigenvalue weighted by atomic mass is 32.2. The molecule has 1 saturated carbocycles. The second kappa shape index (κ2) is 7.25. The summed E-state index contributed by atoms with van der Waals surface area (Å²) in [6, 6.07) is 4.28. The molecule has 0 heterocycles. The topological polar surface area (TPSA) is 12.0 Å².